The molecular formula is C24H25N3O3S. The van der Waals surface area contributed by atoms with Gasteiger partial charge < -0.3 is 15.0 Å². The van der Waals surface area contributed by atoms with Gasteiger partial charge in [-0.3, -0.25) is 9.69 Å². The number of hydrogen-bond acceptors (Lipinski definition) is 6. The van der Waals surface area contributed by atoms with Gasteiger partial charge in [-0.2, -0.15) is 11.3 Å². The molecule has 1 N–H and O–H groups in total. The first-order valence-corrected chi connectivity index (χ1v) is 11.2. The molecule has 4 rings (SSSR count). The van der Waals surface area contributed by atoms with Gasteiger partial charge in [0.1, 0.15) is 11.8 Å². The molecule has 1 aliphatic heterocycles. The summed E-state index contributed by atoms with van der Waals surface area (Å²) in [5.74, 6) is -0.00962. The Labute approximate surface area is 186 Å². The number of likely N-dealkylation sites (N-methyl/N-ethyl adjacent to an activating group) is 1. The monoisotopic (exact) mass is 435 g/mol. The predicted molar refractivity (Wildman–Crippen MR) is 123 cm³/mol. The Morgan fingerprint density at radius 1 is 0.968 bits per heavy atom. The van der Waals surface area contributed by atoms with Gasteiger partial charge in [0.15, 0.2) is 0 Å². The van der Waals surface area contributed by atoms with E-state index in [9.17, 15) is 9.59 Å². The van der Waals surface area contributed by atoms with Crippen LogP contribution in [0.15, 0.2) is 71.4 Å². The quantitative estimate of drug-likeness (QED) is 0.470. The lowest BCUT2D eigenvalue weighted by Crippen LogP contribution is -2.48. The lowest BCUT2D eigenvalue weighted by atomic mass is 10.0. The minimum absolute atomic E-state index is 0.162. The number of carbonyl (C=O) groups is 2. The molecule has 0 aliphatic carbocycles. The fraction of sp³-hybridized carbons (Fsp3) is 0.250. The summed E-state index contributed by atoms with van der Waals surface area (Å²) < 4.78 is 5.74. The van der Waals surface area contributed by atoms with Crippen molar-refractivity contribution in [2.24, 2.45) is 0 Å². The second kappa shape index (κ2) is 9.87. The molecule has 31 heavy (non-hydrogen) atoms. The summed E-state index contributed by atoms with van der Waals surface area (Å²) in [6, 6.07) is 18.0. The van der Waals surface area contributed by atoms with Gasteiger partial charge in [-0.25, -0.2) is 4.79 Å². The molecule has 160 valence electrons. The number of anilines is 1. The predicted octanol–water partition coefficient (Wildman–Crippen LogP) is 3.89. The Balaban J connectivity index is 1.45. The van der Waals surface area contributed by atoms with Crippen molar-refractivity contribution in [1.82, 2.24) is 9.80 Å². The molecule has 7 heteroatoms. The van der Waals surface area contributed by atoms with Crippen LogP contribution in [0, 0.1) is 0 Å². The third kappa shape index (κ3) is 5.38. The SMILES string of the molecule is CN1CCN(C(C(=O)Oc2ccc(NC(=O)c3ccsc3)cc2)c2ccccc2)CC1. The molecule has 1 fully saturated rings. The van der Waals surface area contributed by atoms with Crippen molar-refractivity contribution in [2.45, 2.75) is 6.04 Å². The molecule has 1 atom stereocenters. The first-order valence-electron chi connectivity index (χ1n) is 10.2. The highest BCUT2D eigenvalue weighted by atomic mass is 32.1. The molecule has 0 bridgehead atoms. The van der Waals surface area contributed by atoms with Crippen molar-refractivity contribution in [3.63, 3.8) is 0 Å². The molecule has 6 nitrogen and oxygen atoms in total. The van der Waals surface area contributed by atoms with E-state index in [2.05, 4.69) is 22.2 Å². The molecular weight excluding hydrogens is 410 g/mol. The van der Waals surface area contributed by atoms with E-state index in [1.54, 1.807) is 35.7 Å². The van der Waals surface area contributed by atoms with Crippen molar-refractivity contribution in [3.8, 4) is 5.75 Å². The van der Waals surface area contributed by atoms with Gasteiger partial charge in [-0.1, -0.05) is 30.3 Å². The molecule has 1 aromatic heterocycles. The topological polar surface area (TPSA) is 61.9 Å². The van der Waals surface area contributed by atoms with Crippen LogP contribution in [0.1, 0.15) is 22.0 Å². The van der Waals surface area contributed by atoms with E-state index in [1.165, 1.54) is 11.3 Å². The molecule has 0 saturated carbocycles. The van der Waals surface area contributed by atoms with E-state index in [4.69, 9.17) is 4.74 Å². The number of piperazine rings is 1. The molecule has 1 amide bonds. The molecule has 0 radical (unpaired) electrons. The summed E-state index contributed by atoms with van der Waals surface area (Å²) in [6.45, 7) is 3.43. The third-order valence-corrected chi connectivity index (χ3v) is 6.04. The van der Waals surface area contributed by atoms with Crippen LogP contribution in [-0.4, -0.2) is 54.9 Å². The zero-order valence-corrected chi connectivity index (χ0v) is 18.2. The molecule has 3 aromatic rings. The molecule has 1 saturated heterocycles. The Kier molecular flexibility index (Phi) is 6.76. The maximum Gasteiger partial charge on any atom is 0.333 e. The van der Waals surface area contributed by atoms with Crippen LogP contribution < -0.4 is 10.1 Å². The summed E-state index contributed by atoms with van der Waals surface area (Å²) >= 11 is 1.48. The van der Waals surface area contributed by atoms with E-state index in [-0.39, 0.29) is 11.9 Å². The number of ether oxygens (including phenoxy) is 1. The van der Waals surface area contributed by atoms with Crippen LogP contribution in [0.5, 0.6) is 5.75 Å². The van der Waals surface area contributed by atoms with Crippen LogP contribution >= 0.6 is 11.3 Å². The van der Waals surface area contributed by atoms with Gasteiger partial charge in [0, 0.05) is 37.2 Å². The number of hydrogen-bond donors (Lipinski definition) is 1. The molecule has 2 aromatic carbocycles. The second-order valence-corrected chi connectivity index (χ2v) is 8.34. The highest BCUT2D eigenvalue weighted by molar-refractivity contribution is 7.08. The first kappa shape index (κ1) is 21.2. The first-order chi connectivity index (χ1) is 15.1. The smallest absolute Gasteiger partial charge is 0.333 e. The van der Waals surface area contributed by atoms with Gasteiger partial charge in [0.25, 0.3) is 5.91 Å². The third-order valence-electron chi connectivity index (χ3n) is 5.36. The van der Waals surface area contributed by atoms with Crippen LogP contribution in [0.3, 0.4) is 0 Å². The van der Waals surface area contributed by atoms with Crippen LogP contribution in [0.25, 0.3) is 0 Å². The van der Waals surface area contributed by atoms with Gasteiger partial charge in [0.05, 0.1) is 5.56 Å². The lowest BCUT2D eigenvalue weighted by Gasteiger charge is -2.36. The number of esters is 1. The largest absolute Gasteiger partial charge is 0.425 e. The van der Waals surface area contributed by atoms with Crippen molar-refractivity contribution in [1.29, 1.82) is 0 Å². The van der Waals surface area contributed by atoms with Crippen LogP contribution in [0.4, 0.5) is 5.69 Å². The summed E-state index contributed by atoms with van der Waals surface area (Å²) in [4.78, 5) is 29.8. The summed E-state index contributed by atoms with van der Waals surface area (Å²) in [5, 5.41) is 6.50. The number of nitrogens with zero attached hydrogens (tertiary/aromatic N) is 2. The average Bonchev–Trinajstić information content (AvgIpc) is 3.33. The molecule has 1 unspecified atom stereocenters. The minimum Gasteiger partial charge on any atom is -0.425 e. The maximum atomic E-state index is 13.2. The van der Waals surface area contributed by atoms with E-state index in [0.717, 1.165) is 31.7 Å². The molecule has 0 spiro atoms. The number of carbonyl (C=O) groups excluding carboxylic acids is 2. The summed E-state index contributed by atoms with van der Waals surface area (Å²) in [6.07, 6.45) is 0. The molecule has 2 heterocycles. The van der Waals surface area contributed by atoms with Gasteiger partial charge in [0.2, 0.25) is 0 Å². The van der Waals surface area contributed by atoms with Crippen molar-refractivity contribution < 1.29 is 14.3 Å². The maximum absolute atomic E-state index is 13.2. The lowest BCUT2D eigenvalue weighted by molar-refractivity contribution is -0.141. The average molecular weight is 436 g/mol. The number of thiophene rings is 1. The standard InChI is InChI=1S/C24H25N3O3S/c1-26-12-14-27(15-13-26)22(18-5-3-2-4-6-18)24(29)30-21-9-7-20(8-10-21)25-23(28)19-11-16-31-17-19/h2-11,16-17,22H,12-15H2,1H3,(H,25,28). The van der Waals surface area contributed by atoms with E-state index >= 15 is 0 Å². The van der Waals surface area contributed by atoms with E-state index in [1.807, 2.05) is 35.7 Å². The summed E-state index contributed by atoms with van der Waals surface area (Å²) in [5.41, 5.74) is 2.20. The zero-order chi connectivity index (χ0) is 21.6. The normalized spacial score (nSPS) is 15.9. The highest BCUT2D eigenvalue weighted by Gasteiger charge is 2.31. The van der Waals surface area contributed by atoms with Gasteiger partial charge in [-0.05, 0) is 48.3 Å². The minimum atomic E-state index is -0.451. The van der Waals surface area contributed by atoms with Gasteiger partial charge in [-0.15, -0.1) is 0 Å². The van der Waals surface area contributed by atoms with Crippen LogP contribution in [0.2, 0.25) is 0 Å². The Morgan fingerprint density at radius 3 is 2.32 bits per heavy atom. The fourth-order valence-electron chi connectivity index (χ4n) is 3.59. The van der Waals surface area contributed by atoms with Gasteiger partial charge >= 0.3 is 5.97 Å². The second-order valence-electron chi connectivity index (χ2n) is 7.56. The Morgan fingerprint density at radius 2 is 1.68 bits per heavy atom. The van der Waals surface area contributed by atoms with E-state index < -0.39 is 6.04 Å². The fourth-order valence-corrected chi connectivity index (χ4v) is 4.22. The number of amides is 1. The van der Waals surface area contributed by atoms with Crippen LogP contribution in [-0.2, 0) is 4.79 Å². The number of rotatable bonds is 6. The van der Waals surface area contributed by atoms with Crippen molar-refractivity contribution in [3.05, 3.63) is 82.6 Å². The Hall–Kier alpha value is -3.00. The number of benzene rings is 2. The Bertz CT molecular complexity index is 998. The van der Waals surface area contributed by atoms with Crippen molar-refractivity contribution >= 4 is 28.9 Å². The van der Waals surface area contributed by atoms with Crippen molar-refractivity contribution in [2.75, 3.05) is 38.5 Å². The zero-order valence-electron chi connectivity index (χ0n) is 17.4. The number of nitrogens with one attached hydrogen (secondary N) is 1. The van der Waals surface area contributed by atoms with E-state index in [0.29, 0.717) is 17.0 Å². The molecule has 1 aliphatic rings. The highest BCUT2D eigenvalue weighted by Crippen LogP contribution is 2.26. The summed E-state index contributed by atoms with van der Waals surface area (Å²) in [7, 11) is 2.09.